The van der Waals surface area contributed by atoms with Gasteiger partial charge in [-0.2, -0.15) is 5.10 Å². The summed E-state index contributed by atoms with van der Waals surface area (Å²) in [5.41, 5.74) is 0.687. The molecule has 0 aliphatic carbocycles. The summed E-state index contributed by atoms with van der Waals surface area (Å²) in [7, 11) is 3.07. The summed E-state index contributed by atoms with van der Waals surface area (Å²) in [5.74, 6) is 1.03. The van der Waals surface area contributed by atoms with E-state index in [0.29, 0.717) is 11.0 Å². The van der Waals surface area contributed by atoms with Gasteiger partial charge >= 0.3 is 5.56 Å². The van der Waals surface area contributed by atoms with Crippen molar-refractivity contribution in [2.75, 3.05) is 14.2 Å². The van der Waals surface area contributed by atoms with Crippen LogP contribution >= 0.6 is 15.9 Å². The van der Waals surface area contributed by atoms with Crippen molar-refractivity contribution in [3.63, 3.8) is 0 Å². The summed E-state index contributed by atoms with van der Waals surface area (Å²) in [4.78, 5) is 12.1. The lowest BCUT2D eigenvalue weighted by Crippen LogP contribution is -2.24. The van der Waals surface area contributed by atoms with Crippen LogP contribution in [0.25, 0.3) is 0 Å². The Kier molecular flexibility index (Phi) is 4.21. The third kappa shape index (κ3) is 2.96. The largest absolute Gasteiger partial charge is 0.497 e. The lowest BCUT2D eigenvalue weighted by Gasteiger charge is -2.08. The molecule has 0 bridgehead atoms. The molecular formula is C13H13BrN2O3. The van der Waals surface area contributed by atoms with Gasteiger partial charge in [0.25, 0.3) is 0 Å². The summed E-state index contributed by atoms with van der Waals surface area (Å²) in [5, 5.41) is 4.07. The maximum atomic E-state index is 12.1. The van der Waals surface area contributed by atoms with E-state index in [1.165, 1.54) is 11.8 Å². The van der Waals surface area contributed by atoms with Crippen molar-refractivity contribution in [1.82, 2.24) is 9.78 Å². The lowest BCUT2D eigenvalue weighted by molar-refractivity contribution is 0.395. The van der Waals surface area contributed by atoms with E-state index in [0.717, 1.165) is 11.3 Å². The fourth-order valence-corrected chi connectivity index (χ4v) is 2.08. The predicted molar refractivity (Wildman–Crippen MR) is 74.8 cm³/mol. The number of hydrogen-bond acceptors (Lipinski definition) is 4. The Balaban J connectivity index is 2.30. The fourth-order valence-electron chi connectivity index (χ4n) is 1.65. The number of rotatable bonds is 4. The molecule has 19 heavy (non-hydrogen) atoms. The monoisotopic (exact) mass is 324 g/mol. The average molecular weight is 325 g/mol. The summed E-state index contributed by atoms with van der Waals surface area (Å²) in [6.07, 6.45) is 1.55. The highest BCUT2D eigenvalue weighted by atomic mass is 79.9. The van der Waals surface area contributed by atoms with Crippen LogP contribution in [0.5, 0.6) is 11.5 Å². The molecule has 6 heteroatoms. The van der Waals surface area contributed by atoms with E-state index in [9.17, 15) is 4.79 Å². The number of hydrogen-bond donors (Lipinski definition) is 0. The average Bonchev–Trinajstić information content (AvgIpc) is 2.43. The highest BCUT2D eigenvalue weighted by Crippen LogP contribution is 2.18. The van der Waals surface area contributed by atoms with Crippen LogP contribution in [0.4, 0.5) is 0 Å². The number of benzene rings is 1. The first-order valence-corrected chi connectivity index (χ1v) is 6.37. The Hall–Kier alpha value is -1.82. The van der Waals surface area contributed by atoms with Gasteiger partial charge in [0.2, 0.25) is 5.75 Å². The minimum atomic E-state index is -0.271. The molecule has 0 spiro atoms. The van der Waals surface area contributed by atoms with Gasteiger partial charge in [-0.15, -0.1) is 0 Å². The van der Waals surface area contributed by atoms with Crippen molar-refractivity contribution in [2.24, 2.45) is 0 Å². The minimum absolute atomic E-state index is 0.253. The second-order valence-electron chi connectivity index (χ2n) is 3.84. The molecule has 5 nitrogen and oxygen atoms in total. The SMILES string of the molecule is COc1ccc(Cn2ncc(Br)c(OC)c2=O)cc1. The fraction of sp³-hybridized carbons (Fsp3) is 0.231. The zero-order valence-electron chi connectivity index (χ0n) is 10.6. The highest BCUT2D eigenvalue weighted by molar-refractivity contribution is 9.10. The van der Waals surface area contributed by atoms with E-state index < -0.39 is 0 Å². The molecule has 0 fully saturated rings. The number of methoxy groups -OCH3 is 2. The van der Waals surface area contributed by atoms with Gasteiger partial charge < -0.3 is 9.47 Å². The van der Waals surface area contributed by atoms with Crippen molar-refractivity contribution in [2.45, 2.75) is 6.54 Å². The van der Waals surface area contributed by atoms with Crippen molar-refractivity contribution < 1.29 is 9.47 Å². The first-order chi connectivity index (χ1) is 9.15. The van der Waals surface area contributed by atoms with E-state index in [1.807, 2.05) is 24.3 Å². The van der Waals surface area contributed by atoms with E-state index >= 15 is 0 Å². The van der Waals surface area contributed by atoms with Gasteiger partial charge in [0.05, 0.1) is 31.4 Å². The summed E-state index contributed by atoms with van der Waals surface area (Å²) >= 11 is 3.23. The van der Waals surface area contributed by atoms with E-state index in [-0.39, 0.29) is 11.3 Å². The molecule has 1 aromatic heterocycles. The Morgan fingerprint density at radius 1 is 1.21 bits per heavy atom. The van der Waals surface area contributed by atoms with Crippen LogP contribution < -0.4 is 15.0 Å². The Bertz CT molecular complexity index is 623. The molecule has 0 unspecified atom stereocenters. The maximum Gasteiger partial charge on any atom is 0.310 e. The normalized spacial score (nSPS) is 10.3. The van der Waals surface area contributed by atoms with Crippen molar-refractivity contribution >= 4 is 15.9 Å². The molecule has 0 atom stereocenters. The molecule has 0 amide bonds. The molecule has 0 aliphatic rings. The van der Waals surface area contributed by atoms with E-state index in [2.05, 4.69) is 21.0 Å². The molecule has 0 aliphatic heterocycles. The second kappa shape index (κ2) is 5.88. The summed E-state index contributed by atoms with van der Waals surface area (Å²) in [6, 6.07) is 7.47. The van der Waals surface area contributed by atoms with Gasteiger partial charge in [-0.25, -0.2) is 4.68 Å². The quantitative estimate of drug-likeness (QED) is 0.864. The molecule has 1 aromatic carbocycles. The third-order valence-corrected chi connectivity index (χ3v) is 3.22. The van der Waals surface area contributed by atoms with Crippen LogP contribution in [-0.4, -0.2) is 24.0 Å². The van der Waals surface area contributed by atoms with Crippen LogP contribution in [0.1, 0.15) is 5.56 Å². The van der Waals surface area contributed by atoms with Crippen LogP contribution in [0.2, 0.25) is 0 Å². The molecule has 1 heterocycles. The summed E-state index contributed by atoms with van der Waals surface area (Å²) in [6.45, 7) is 0.381. The van der Waals surface area contributed by atoms with Gasteiger partial charge in [0.1, 0.15) is 5.75 Å². The van der Waals surface area contributed by atoms with Crippen molar-refractivity contribution in [3.8, 4) is 11.5 Å². The second-order valence-corrected chi connectivity index (χ2v) is 4.69. The lowest BCUT2D eigenvalue weighted by atomic mass is 10.2. The third-order valence-electron chi connectivity index (χ3n) is 2.65. The van der Waals surface area contributed by atoms with Crippen molar-refractivity contribution in [3.05, 3.63) is 50.9 Å². The number of nitrogens with zero attached hydrogens (tertiary/aromatic N) is 2. The molecule has 0 saturated carbocycles. The minimum Gasteiger partial charge on any atom is -0.497 e. The number of ether oxygens (including phenoxy) is 2. The zero-order valence-corrected chi connectivity index (χ0v) is 12.2. The van der Waals surface area contributed by atoms with Crippen LogP contribution in [0, 0.1) is 0 Å². The molecule has 2 rings (SSSR count). The van der Waals surface area contributed by atoms with Gasteiger partial charge in [-0.1, -0.05) is 12.1 Å². The topological polar surface area (TPSA) is 53.4 Å². The molecule has 100 valence electrons. The smallest absolute Gasteiger partial charge is 0.310 e. The van der Waals surface area contributed by atoms with E-state index in [4.69, 9.17) is 9.47 Å². The zero-order chi connectivity index (χ0) is 13.8. The molecule has 0 radical (unpaired) electrons. The highest BCUT2D eigenvalue weighted by Gasteiger charge is 2.10. The summed E-state index contributed by atoms with van der Waals surface area (Å²) < 4.78 is 12.0. The van der Waals surface area contributed by atoms with Gasteiger partial charge in [0.15, 0.2) is 0 Å². The first-order valence-electron chi connectivity index (χ1n) is 5.58. The standard InChI is InChI=1S/C13H13BrN2O3/c1-18-10-5-3-9(4-6-10)8-16-13(17)12(19-2)11(14)7-15-16/h3-7H,8H2,1-2H3. The van der Waals surface area contributed by atoms with Crippen LogP contribution in [0.15, 0.2) is 39.7 Å². The Morgan fingerprint density at radius 2 is 1.89 bits per heavy atom. The first kappa shape index (κ1) is 13.6. The number of halogens is 1. The molecular weight excluding hydrogens is 312 g/mol. The van der Waals surface area contributed by atoms with Gasteiger partial charge in [-0.3, -0.25) is 4.79 Å². The Morgan fingerprint density at radius 3 is 2.47 bits per heavy atom. The van der Waals surface area contributed by atoms with Crippen molar-refractivity contribution in [1.29, 1.82) is 0 Å². The molecule has 0 N–H and O–H groups in total. The number of aromatic nitrogens is 2. The van der Waals surface area contributed by atoms with Gasteiger partial charge in [-0.05, 0) is 33.6 Å². The molecule has 2 aromatic rings. The predicted octanol–water partition coefficient (Wildman–Crippen LogP) is 2.07. The Labute approximate surface area is 118 Å². The van der Waals surface area contributed by atoms with E-state index in [1.54, 1.807) is 13.3 Å². The van der Waals surface area contributed by atoms with Crippen LogP contribution in [-0.2, 0) is 6.54 Å². The maximum absolute atomic E-state index is 12.1. The van der Waals surface area contributed by atoms with Gasteiger partial charge in [0, 0.05) is 0 Å². The van der Waals surface area contributed by atoms with Crippen LogP contribution in [0.3, 0.4) is 0 Å². The molecule has 0 saturated heterocycles.